The van der Waals surface area contributed by atoms with Crippen molar-refractivity contribution < 1.29 is 19.1 Å². The van der Waals surface area contributed by atoms with Crippen molar-refractivity contribution >= 4 is 52.9 Å². The molecule has 0 aliphatic rings. The van der Waals surface area contributed by atoms with Crippen molar-refractivity contribution in [3.05, 3.63) is 129 Å². The molecule has 7 nitrogen and oxygen atoms in total. The third-order valence-electron chi connectivity index (χ3n) is 5.31. The van der Waals surface area contributed by atoms with E-state index in [9.17, 15) is 14.4 Å². The molecule has 0 unspecified atom stereocenters. The van der Waals surface area contributed by atoms with E-state index in [1.54, 1.807) is 84.9 Å². The van der Waals surface area contributed by atoms with Gasteiger partial charge in [-0.3, -0.25) is 9.59 Å². The summed E-state index contributed by atoms with van der Waals surface area (Å²) < 4.78 is 5.52. The fourth-order valence-corrected chi connectivity index (χ4v) is 3.68. The zero-order valence-electron chi connectivity index (χ0n) is 20.1. The molecule has 0 atom stereocenters. The molecule has 2 N–H and O–H groups in total. The number of anilines is 1. The summed E-state index contributed by atoms with van der Waals surface area (Å²) >= 11 is 12.0. The molecule has 0 radical (unpaired) electrons. The van der Waals surface area contributed by atoms with E-state index in [0.717, 1.165) is 5.56 Å². The average Bonchev–Trinajstić information content (AvgIpc) is 2.90. The minimum atomic E-state index is -0.530. The van der Waals surface area contributed by atoms with Gasteiger partial charge in [-0.1, -0.05) is 40.9 Å². The van der Waals surface area contributed by atoms with Crippen LogP contribution in [0.5, 0.6) is 5.75 Å². The highest BCUT2D eigenvalue weighted by Crippen LogP contribution is 2.23. The molecule has 0 saturated heterocycles. The van der Waals surface area contributed by atoms with Gasteiger partial charge in [0.1, 0.15) is 5.75 Å². The third-order valence-corrected chi connectivity index (χ3v) is 5.80. The summed E-state index contributed by atoms with van der Waals surface area (Å²) in [7, 11) is 0. The van der Waals surface area contributed by atoms with E-state index in [1.807, 2.05) is 13.0 Å². The standard InChI is InChI=1S/C29H21Cl2N3O4/c1-18-3-2-4-21(15-18)29(37)38-26-14-11-24(31)16-22(26)17-32-34-28(36)20-7-12-25(13-8-20)33-27(35)19-5-9-23(30)10-6-19/h2-17H,1H3,(H,33,35)(H,34,36)/b32-17+. The molecule has 0 heterocycles. The quantitative estimate of drug-likeness (QED) is 0.119. The molecule has 2 amide bonds. The van der Waals surface area contributed by atoms with Gasteiger partial charge in [0.15, 0.2) is 0 Å². The number of ether oxygens (including phenoxy) is 1. The first-order valence-electron chi connectivity index (χ1n) is 11.4. The van der Waals surface area contributed by atoms with Crippen LogP contribution in [0.4, 0.5) is 5.69 Å². The lowest BCUT2D eigenvalue weighted by Crippen LogP contribution is -2.18. The number of nitrogens with zero attached hydrogens (tertiary/aromatic N) is 1. The smallest absolute Gasteiger partial charge is 0.343 e. The van der Waals surface area contributed by atoms with Gasteiger partial charge < -0.3 is 10.1 Å². The SMILES string of the molecule is Cc1cccc(C(=O)Oc2ccc(Cl)cc2/C=N/NC(=O)c2ccc(NC(=O)c3ccc(Cl)cc3)cc2)c1. The predicted molar refractivity (Wildman–Crippen MR) is 148 cm³/mol. The summed E-state index contributed by atoms with van der Waals surface area (Å²) in [6.45, 7) is 1.88. The van der Waals surface area contributed by atoms with Crippen molar-refractivity contribution in [2.24, 2.45) is 5.10 Å². The van der Waals surface area contributed by atoms with Crippen LogP contribution in [-0.4, -0.2) is 24.0 Å². The minimum absolute atomic E-state index is 0.236. The molecule has 4 aromatic carbocycles. The molecule has 4 aromatic rings. The maximum Gasteiger partial charge on any atom is 0.343 e. The van der Waals surface area contributed by atoms with Crippen LogP contribution in [0.25, 0.3) is 0 Å². The summed E-state index contributed by atoms with van der Waals surface area (Å²) in [6.07, 6.45) is 1.34. The molecule has 0 spiro atoms. The summed E-state index contributed by atoms with van der Waals surface area (Å²) in [5.74, 6) is -1.07. The number of halogens is 2. The maximum absolute atomic E-state index is 12.6. The highest BCUT2D eigenvalue weighted by molar-refractivity contribution is 6.31. The number of carbonyl (C=O) groups excluding carboxylic acids is 3. The molecule has 0 aromatic heterocycles. The Hall–Kier alpha value is -4.46. The molecule has 0 aliphatic heterocycles. The van der Waals surface area contributed by atoms with Crippen molar-refractivity contribution in [2.75, 3.05) is 5.32 Å². The van der Waals surface area contributed by atoms with E-state index in [1.165, 1.54) is 6.21 Å². The van der Waals surface area contributed by atoms with Gasteiger partial charge in [-0.05, 0) is 85.8 Å². The van der Waals surface area contributed by atoms with Gasteiger partial charge in [-0.2, -0.15) is 5.10 Å². The van der Waals surface area contributed by atoms with Crippen LogP contribution < -0.4 is 15.5 Å². The van der Waals surface area contributed by atoms with Gasteiger partial charge in [0, 0.05) is 32.4 Å². The maximum atomic E-state index is 12.6. The van der Waals surface area contributed by atoms with Crippen LogP contribution in [-0.2, 0) is 0 Å². The molecule has 38 heavy (non-hydrogen) atoms. The Morgan fingerprint density at radius 3 is 2.13 bits per heavy atom. The fourth-order valence-electron chi connectivity index (χ4n) is 3.38. The normalized spacial score (nSPS) is 10.7. The van der Waals surface area contributed by atoms with Gasteiger partial charge in [0.2, 0.25) is 0 Å². The Labute approximate surface area is 229 Å². The van der Waals surface area contributed by atoms with E-state index in [-0.39, 0.29) is 11.7 Å². The molecule has 4 rings (SSSR count). The second kappa shape index (κ2) is 12.2. The highest BCUT2D eigenvalue weighted by Gasteiger charge is 2.12. The van der Waals surface area contributed by atoms with Crippen LogP contribution in [0.1, 0.15) is 42.2 Å². The Morgan fingerprint density at radius 1 is 0.763 bits per heavy atom. The molecular formula is C29H21Cl2N3O4. The minimum Gasteiger partial charge on any atom is -0.422 e. The number of aryl methyl sites for hydroxylation is 1. The van der Waals surface area contributed by atoms with Crippen molar-refractivity contribution in [1.82, 2.24) is 5.43 Å². The van der Waals surface area contributed by atoms with Crippen LogP contribution in [0.3, 0.4) is 0 Å². The summed E-state index contributed by atoms with van der Waals surface area (Å²) in [4.78, 5) is 37.4. The second-order valence-corrected chi connectivity index (χ2v) is 9.05. The zero-order chi connectivity index (χ0) is 27.1. The van der Waals surface area contributed by atoms with E-state index in [2.05, 4.69) is 15.8 Å². The molecule has 0 aliphatic carbocycles. The van der Waals surface area contributed by atoms with Crippen molar-refractivity contribution in [3.8, 4) is 5.75 Å². The van der Waals surface area contributed by atoms with Crippen LogP contribution in [0.15, 0.2) is 96.1 Å². The second-order valence-electron chi connectivity index (χ2n) is 8.18. The van der Waals surface area contributed by atoms with E-state index < -0.39 is 11.9 Å². The Bertz CT molecular complexity index is 1520. The first kappa shape index (κ1) is 26.6. The summed E-state index contributed by atoms with van der Waals surface area (Å²) in [6, 6.07) is 24.5. The van der Waals surface area contributed by atoms with E-state index in [4.69, 9.17) is 27.9 Å². The number of carbonyl (C=O) groups is 3. The van der Waals surface area contributed by atoms with Gasteiger partial charge in [0.05, 0.1) is 11.8 Å². The zero-order valence-corrected chi connectivity index (χ0v) is 21.6. The number of benzene rings is 4. The first-order chi connectivity index (χ1) is 18.3. The average molecular weight is 546 g/mol. The van der Waals surface area contributed by atoms with Crippen molar-refractivity contribution in [3.63, 3.8) is 0 Å². The lowest BCUT2D eigenvalue weighted by atomic mass is 10.1. The van der Waals surface area contributed by atoms with E-state index >= 15 is 0 Å². The van der Waals surface area contributed by atoms with Crippen LogP contribution in [0.2, 0.25) is 10.0 Å². The number of hydrogen-bond acceptors (Lipinski definition) is 5. The molecular weight excluding hydrogens is 525 g/mol. The monoisotopic (exact) mass is 545 g/mol. The topological polar surface area (TPSA) is 96.9 Å². The molecule has 0 saturated carbocycles. The summed E-state index contributed by atoms with van der Waals surface area (Å²) in [5.41, 5.74) is 5.46. The highest BCUT2D eigenvalue weighted by atomic mass is 35.5. The lowest BCUT2D eigenvalue weighted by Gasteiger charge is -2.08. The van der Waals surface area contributed by atoms with Gasteiger partial charge in [-0.15, -0.1) is 0 Å². The van der Waals surface area contributed by atoms with Gasteiger partial charge >= 0.3 is 5.97 Å². The number of amides is 2. The predicted octanol–water partition coefficient (Wildman–Crippen LogP) is 6.54. The molecule has 0 fully saturated rings. The van der Waals surface area contributed by atoms with Gasteiger partial charge in [-0.25, -0.2) is 10.2 Å². The number of hydrazone groups is 1. The van der Waals surface area contributed by atoms with Crippen LogP contribution in [0, 0.1) is 6.92 Å². The fraction of sp³-hybridized carbons (Fsp3) is 0.0345. The van der Waals surface area contributed by atoms with Crippen molar-refractivity contribution in [1.29, 1.82) is 0 Å². The number of nitrogens with one attached hydrogen (secondary N) is 2. The van der Waals surface area contributed by atoms with Crippen LogP contribution >= 0.6 is 23.2 Å². The Kier molecular flexibility index (Phi) is 8.53. The Morgan fingerprint density at radius 2 is 1.42 bits per heavy atom. The van der Waals surface area contributed by atoms with E-state index in [0.29, 0.717) is 38.0 Å². The first-order valence-corrected chi connectivity index (χ1v) is 12.1. The molecule has 9 heteroatoms. The Balaban J connectivity index is 1.38. The molecule has 0 bridgehead atoms. The van der Waals surface area contributed by atoms with Crippen molar-refractivity contribution in [2.45, 2.75) is 6.92 Å². The summed E-state index contributed by atoms with van der Waals surface area (Å²) in [5, 5.41) is 7.67. The number of hydrogen-bond donors (Lipinski definition) is 2. The molecule has 190 valence electrons. The largest absolute Gasteiger partial charge is 0.422 e. The van der Waals surface area contributed by atoms with Gasteiger partial charge in [0.25, 0.3) is 11.8 Å². The lowest BCUT2D eigenvalue weighted by molar-refractivity contribution is 0.0733. The number of esters is 1. The third kappa shape index (κ3) is 7.06. The number of rotatable bonds is 7.